The van der Waals surface area contributed by atoms with E-state index in [4.69, 9.17) is 0 Å². The van der Waals surface area contributed by atoms with Crippen molar-refractivity contribution in [2.75, 3.05) is 13.2 Å². The lowest BCUT2D eigenvalue weighted by atomic mass is 10.3. The van der Waals surface area contributed by atoms with Crippen molar-refractivity contribution in [3.05, 3.63) is 29.6 Å². The smallest absolute Gasteiger partial charge is 0.102 e. The van der Waals surface area contributed by atoms with Crippen molar-refractivity contribution >= 4 is 0 Å². The number of hydrogen-bond acceptors (Lipinski definition) is 2. The van der Waals surface area contributed by atoms with Gasteiger partial charge in [-0.1, -0.05) is 6.07 Å². The van der Waals surface area contributed by atoms with E-state index in [1.807, 2.05) is 25.1 Å². The summed E-state index contributed by atoms with van der Waals surface area (Å²) in [5.74, 6) is 0. The molecular weight excluding hydrogens is 155 g/mol. The molecule has 12 heavy (non-hydrogen) atoms. The van der Waals surface area contributed by atoms with E-state index in [0.29, 0.717) is 13.1 Å². The lowest BCUT2D eigenvalue weighted by Gasteiger charge is -2.01. The van der Waals surface area contributed by atoms with E-state index in [2.05, 4.69) is 10.3 Å². The Labute approximate surface area is 71.8 Å². The molecule has 0 radical (unpaired) electrons. The second kappa shape index (κ2) is 4.83. The van der Waals surface area contributed by atoms with Gasteiger partial charge in [-0.2, -0.15) is 0 Å². The highest BCUT2D eigenvalue weighted by Gasteiger charge is 1.92. The predicted octanol–water partition coefficient (Wildman–Crippen LogP) is 1.45. The third kappa shape index (κ3) is 2.96. The van der Waals surface area contributed by atoms with Crippen LogP contribution in [-0.4, -0.2) is 18.2 Å². The lowest BCUT2D eigenvalue weighted by molar-refractivity contribution is 0.465. The van der Waals surface area contributed by atoms with Crippen LogP contribution < -0.4 is 5.32 Å². The zero-order valence-electron chi connectivity index (χ0n) is 7.18. The fourth-order valence-corrected chi connectivity index (χ4v) is 0.981. The van der Waals surface area contributed by atoms with E-state index in [1.54, 1.807) is 0 Å². The number of pyridine rings is 1. The molecule has 1 rings (SSSR count). The van der Waals surface area contributed by atoms with Crippen molar-refractivity contribution in [3.63, 3.8) is 0 Å². The lowest BCUT2D eigenvalue weighted by Crippen LogP contribution is -2.16. The van der Waals surface area contributed by atoms with Crippen LogP contribution in [0.5, 0.6) is 0 Å². The van der Waals surface area contributed by atoms with Gasteiger partial charge in [0.25, 0.3) is 0 Å². The Morgan fingerprint density at radius 1 is 1.50 bits per heavy atom. The Kier molecular flexibility index (Phi) is 3.67. The first kappa shape index (κ1) is 9.13. The average Bonchev–Trinajstić information content (AvgIpc) is 2.05. The molecule has 0 bridgehead atoms. The summed E-state index contributed by atoms with van der Waals surface area (Å²) in [5, 5.41) is 2.94. The van der Waals surface area contributed by atoms with Crippen LogP contribution in [0.3, 0.4) is 0 Å². The fraction of sp³-hybridized carbons (Fsp3) is 0.444. The van der Waals surface area contributed by atoms with E-state index in [9.17, 15) is 4.39 Å². The van der Waals surface area contributed by atoms with Crippen LogP contribution in [0.2, 0.25) is 0 Å². The van der Waals surface area contributed by atoms with Crippen LogP contribution >= 0.6 is 0 Å². The van der Waals surface area contributed by atoms with Gasteiger partial charge in [0.2, 0.25) is 0 Å². The summed E-state index contributed by atoms with van der Waals surface area (Å²) in [6, 6.07) is 5.83. The monoisotopic (exact) mass is 168 g/mol. The predicted molar refractivity (Wildman–Crippen MR) is 46.7 cm³/mol. The molecule has 1 aromatic rings. The van der Waals surface area contributed by atoms with Gasteiger partial charge in [0, 0.05) is 18.8 Å². The summed E-state index contributed by atoms with van der Waals surface area (Å²) in [6.45, 7) is 2.66. The SMILES string of the molecule is Cc1cccc(CNCCF)n1. The molecule has 0 aliphatic rings. The molecule has 0 amide bonds. The largest absolute Gasteiger partial charge is 0.309 e. The minimum absolute atomic E-state index is 0.328. The minimum atomic E-state index is -0.328. The number of alkyl halides is 1. The number of halogens is 1. The van der Waals surface area contributed by atoms with Gasteiger partial charge < -0.3 is 5.32 Å². The van der Waals surface area contributed by atoms with E-state index in [1.165, 1.54) is 0 Å². The van der Waals surface area contributed by atoms with Crippen molar-refractivity contribution < 1.29 is 4.39 Å². The molecule has 0 saturated carbocycles. The second-order valence-corrected chi connectivity index (χ2v) is 2.64. The quantitative estimate of drug-likeness (QED) is 0.688. The highest BCUT2D eigenvalue weighted by molar-refractivity contribution is 5.09. The van der Waals surface area contributed by atoms with Crippen molar-refractivity contribution in [2.24, 2.45) is 0 Å². The molecule has 0 aliphatic heterocycles. The average molecular weight is 168 g/mol. The molecule has 0 aliphatic carbocycles. The van der Waals surface area contributed by atoms with Crippen molar-refractivity contribution in [2.45, 2.75) is 13.5 Å². The van der Waals surface area contributed by atoms with E-state index in [-0.39, 0.29) is 6.67 Å². The maximum atomic E-state index is 11.7. The fourth-order valence-electron chi connectivity index (χ4n) is 0.981. The molecular formula is C9H13FN2. The summed E-state index contributed by atoms with van der Waals surface area (Å²) >= 11 is 0. The van der Waals surface area contributed by atoms with Crippen molar-refractivity contribution in [3.8, 4) is 0 Å². The minimum Gasteiger partial charge on any atom is -0.309 e. The molecule has 1 aromatic heterocycles. The molecule has 0 spiro atoms. The maximum Gasteiger partial charge on any atom is 0.102 e. The van der Waals surface area contributed by atoms with E-state index in [0.717, 1.165) is 11.4 Å². The first-order valence-corrected chi connectivity index (χ1v) is 4.02. The van der Waals surface area contributed by atoms with Gasteiger partial charge in [-0.25, -0.2) is 4.39 Å². The summed E-state index contributed by atoms with van der Waals surface area (Å²) in [7, 11) is 0. The van der Waals surface area contributed by atoms with Crippen molar-refractivity contribution in [1.82, 2.24) is 10.3 Å². The highest BCUT2D eigenvalue weighted by atomic mass is 19.1. The maximum absolute atomic E-state index is 11.7. The first-order chi connectivity index (χ1) is 5.83. The van der Waals surface area contributed by atoms with E-state index < -0.39 is 0 Å². The Morgan fingerprint density at radius 3 is 3.00 bits per heavy atom. The van der Waals surface area contributed by atoms with Crippen LogP contribution in [0.1, 0.15) is 11.4 Å². The Bertz CT molecular complexity index is 238. The summed E-state index contributed by atoms with van der Waals surface area (Å²) in [5.41, 5.74) is 1.96. The number of aromatic nitrogens is 1. The number of hydrogen-bond donors (Lipinski definition) is 1. The van der Waals surface area contributed by atoms with Gasteiger partial charge in [0.05, 0.1) is 5.69 Å². The molecule has 1 N–H and O–H groups in total. The van der Waals surface area contributed by atoms with Gasteiger partial charge in [-0.15, -0.1) is 0 Å². The highest BCUT2D eigenvalue weighted by Crippen LogP contribution is 1.96. The first-order valence-electron chi connectivity index (χ1n) is 4.02. The molecule has 1 heterocycles. The summed E-state index contributed by atoms with van der Waals surface area (Å²) in [4.78, 5) is 4.26. The summed E-state index contributed by atoms with van der Waals surface area (Å²) in [6.07, 6.45) is 0. The second-order valence-electron chi connectivity index (χ2n) is 2.64. The topological polar surface area (TPSA) is 24.9 Å². The zero-order chi connectivity index (χ0) is 8.81. The standard InChI is InChI=1S/C9H13FN2/c1-8-3-2-4-9(12-8)7-11-6-5-10/h2-4,11H,5-7H2,1H3. The molecule has 0 unspecified atom stereocenters. The van der Waals surface area contributed by atoms with Gasteiger partial charge in [-0.3, -0.25) is 4.98 Å². The Morgan fingerprint density at radius 2 is 2.33 bits per heavy atom. The Hall–Kier alpha value is -0.960. The van der Waals surface area contributed by atoms with Crippen LogP contribution in [0.25, 0.3) is 0 Å². The van der Waals surface area contributed by atoms with Crippen LogP contribution in [-0.2, 0) is 6.54 Å². The molecule has 2 nitrogen and oxygen atoms in total. The third-order valence-electron chi connectivity index (χ3n) is 1.52. The molecule has 0 saturated heterocycles. The molecule has 3 heteroatoms. The van der Waals surface area contributed by atoms with Gasteiger partial charge >= 0.3 is 0 Å². The normalized spacial score (nSPS) is 10.2. The number of nitrogens with one attached hydrogen (secondary N) is 1. The zero-order valence-corrected chi connectivity index (χ0v) is 7.18. The van der Waals surface area contributed by atoms with Crippen molar-refractivity contribution in [1.29, 1.82) is 0 Å². The van der Waals surface area contributed by atoms with Crippen LogP contribution in [0.4, 0.5) is 4.39 Å². The number of aryl methyl sites for hydroxylation is 1. The van der Waals surface area contributed by atoms with Crippen LogP contribution in [0.15, 0.2) is 18.2 Å². The van der Waals surface area contributed by atoms with Gasteiger partial charge in [0.15, 0.2) is 0 Å². The number of rotatable bonds is 4. The van der Waals surface area contributed by atoms with Gasteiger partial charge in [-0.05, 0) is 19.1 Å². The molecule has 0 fully saturated rings. The Balaban J connectivity index is 2.41. The van der Waals surface area contributed by atoms with E-state index >= 15 is 0 Å². The third-order valence-corrected chi connectivity index (χ3v) is 1.52. The van der Waals surface area contributed by atoms with Crippen LogP contribution in [0, 0.1) is 6.92 Å². The number of nitrogens with zero attached hydrogens (tertiary/aromatic N) is 1. The molecule has 66 valence electrons. The molecule has 0 atom stereocenters. The van der Waals surface area contributed by atoms with Gasteiger partial charge in [0.1, 0.15) is 6.67 Å². The summed E-state index contributed by atoms with van der Waals surface area (Å²) < 4.78 is 11.7. The molecule has 0 aromatic carbocycles.